The predicted molar refractivity (Wildman–Crippen MR) is 57.7 cm³/mol. The van der Waals surface area contributed by atoms with E-state index in [1.807, 2.05) is 10.6 Å². The van der Waals surface area contributed by atoms with E-state index in [1.54, 1.807) is 0 Å². The number of carbonyl (C=O) groups excluding carboxylic acids is 3. The van der Waals surface area contributed by atoms with Crippen molar-refractivity contribution < 1.29 is 29.7 Å². The molecule has 0 aromatic rings. The lowest BCUT2D eigenvalue weighted by Gasteiger charge is -2.23. The first-order valence-electron chi connectivity index (χ1n) is 5.01. The van der Waals surface area contributed by atoms with E-state index in [0.29, 0.717) is 0 Å². The molecule has 0 spiro atoms. The van der Waals surface area contributed by atoms with Crippen LogP contribution in [-0.2, 0) is 9.59 Å². The average Bonchev–Trinajstić information content (AvgIpc) is 2.33. The molecular formula is C9H13N3O6. The molecule has 0 atom stereocenters. The standard InChI is InChI=1S/C9H13N3O6/c13-2-9(3-14,4-15)10-1-5-6(16)11-8(18)12-7(5)17/h1,5,13-15H,2-4H2,(H2,11,12,16,17,18). The summed E-state index contributed by atoms with van der Waals surface area (Å²) in [7, 11) is 0. The van der Waals surface area contributed by atoms with E-state index >= 15 is 0 Å². The minimum absolute atomic E-state index is 0.661. The number of nitrogens with zero attached hydrogens (tertiary/aromatic N) is 1. The Morgan fingerprint density at radius 2 is 1.50 bits per heavy atom. The largest absolute Gasteiger partial charge is 0.394 e. The monoisotopic (exact) mass is 259 g/mol. The van der Waals surface area contributed by atoms with Crippen LogP contribution in [0.2, 0.25) is 0 Å². The fourth-order valence-corrected chi connectivity index (χ4v) is 1.17. The van der Waals surface area contributed by atoms with Crippen molar-refractivity contribution in [2.45, 2.75) is 5.54 Å². The van der Waals surface area contributed by atoms with Crippen LogP contribution in [0.15, 0.2) is 4.99 Å². The zero-order valence-corrected chi connectivity index (χ0v) is 9.29. The third-order valence-electron chi connectivity index (χ3n) is 2.42. The Morgan fingerprint density at radius 3 is 1.89 bits per heavy atom. The normalized spacial score (nSPS) is 18.1. The number of imide groups is 2. The van der Waals surface area contributed by atoms with Gasteiger partial charge < -0.3 is 15.3 Å². The first-order chi connectivity index (χ1) is 8.48. The van der Waals surface area contributed by atoms with Gasteiger partial charge in [0.2, 0.25) is 11.8 Å². The molecule has 0 unspecified atom stereocenters. The molecule has 1 heterocycles. The van der Waals surface area contributed by atoms with Crippen molar-refractivity contribution in [1.82, 2.24) is 10.6 Å². The maximum atomic E-state index is 11.3. The second-order valence-corrected chi connectivity index (χ2v) is 3.76. The van der Waals surface area contributed by atoms with Gasteiger partial charge in [-0.1, -0.05) is 0 Å². The van der Waals surface area contributed by atoms with Crippen LogP contribution in [-0.4, -0.2) is 64.7 Å². The summed E-state index contributed by atoms with van der Waals surface area (Å²) in [5, 5.41) is 30.7. The highest BCUT2D eigenvalue weighted by Gasteiger charge is 2.34. The molecule has 0 aromatic heterocycles. The van der Waals surface area contributed by atoms with Gasteiger partial charge in [0.1, 0.15) is 5.54 Å². The molecule has 9 heteroatoms. The molecule has 0 aliphatic carbocycles. The molecule has 100 valence electrons. The van der Waals surface area contributed by atoms with Crippen molar-refractivity contribution in [3.63, 3.8) is 0 Å². The molecule has 4 amide bonds. The number of hydrogen-bond donors (Lipinski definition) is 5. The molecule has 1 aliphatic rings. The van der Waals surface area contributed by atoms with Crippen molar-refractivity contribution in [3.8, 4) is 0 Å². The number of aliphatic hydroxyl groups is 3. The number of hydrogen-bond acceptors (Lipinski definition) is 7. The molecular weight excluding hydrogens is 246 g/mol. The third-order valence-corrected chi connectivity index (χ3v) is 2.42. The van der Waals surface area contributed by atoms with Gasteiger partial charge in [-0.2, -0.15) is 0 Å². The number of aliphatic imine (C=N–C) groups is 1. The van der Waals surface area contributed by atoms with E-state index < -0.39 is 49.1 Å². The molecule has 0 saturated carbocycles. The summed E-state index contributed by atoms with van der Waals surface area (Å²) in [4.78, 5) is 37.1. The minimum atomic E-state index is -1.57. The van der Waals surface area contributed by atoms with Crippen molar-refractivity contribution in [2.24, 2.45) is 10.9 Å². The van der Waals surface area contributed by atoms with Crippen molar-refractivity contribution in [2.75, 3.05) is 19.8 Å². The molecule has 0 aromatic carbocycles. The van der Waals surface area contributed by atoms with E-state index in [2.05, 4.69) is 4.99 Å². The van der Waals surface area contributed by atoms with Crippen LogP contribution in [0, 0.1) is 5.92 Å². The Balaban J connectivity index is 2.85. The number of amides is 4. The van der Waals surface area contributed by atoms with Crippen LogP contribution in [0.1, 0.15) is 0 Å². The van der Waals surface area contributed by atoms with Gasteiger partial charge in [0.25, 0.3) is 0 Å². The maximum Gasteiger partial charge on any atom is 0.328 e. The summed E-state index contributed by atoms with van der Waals surface area (Å²) in [6.45, 7) is -1.98. The zero-order chi connectivity index (χ0) is 13.8. The Hall–Kier alpha value is -1.84. The van der Waals surface area contributed by atoms with Gasteiger partial charge in [0, 0.05) is 6.21 Å². The van der Waals surface area contributed by atoms with Crippen molar-refractivity contribution >= 4 is 24.1 Å². The fraction of sp³-hybridized carbons (Fsp3) is 0.556. The maximum absolute atomic E-state index is 11.3. The molecule has 0 radical (unpaired) electrons. The van der Waals surface area contributed by atoms with Crippen molar-refractivity contribution in [1.29, 1.82) is 0 Å². The lowest BCUT2D eigenvalue weighted by molar-refractivity contribution is -0.132. The summed E-state index contributed by atoms with van der Waals surface area (Å²) in [6, 6.07) is -0.924. The topological polar surface area (TPSA) is 148 Å². The Kier molecular flexibility index (Phi) is 4.48. The van der Waals surface area contributed by atoms with E-state index in [1.165, 1.54) is 0 Å². The van der Waals surface area contributed by atoms with Crippen LogP contribution < -0.4 is 10.6 Å². The number of nitrogens with one attached hydrogen (secondary N) is 2. The van der Waals surface area contributed by atoms with Gasteiger partial charge in [0.05, 0.1) is 19.8 Å². The molecule has 5 N–H and O–H groups in total. The molecule has 1 aliphatic heterocycles. The van der Waals surface area contributed by atoms with Gasteiger partial charge in [-0.3, -0.25) is 25.2 Å². The Labute approximate surface area is 102 Å². The number of aliphatic hydroxyl groups excluding tert-OH is 3. The first-order valence-corrected chi connectivity index (χ1v) is 5.01. The third kappa shape index (κ3) is 2.88. The van der Waals surface area contributed by atoms with Gasteiger partial charge >= 0.3 is 6.03 Å². The second-order valence-electron chi connectivity index (χ2n) is 3.76. The number of carbonyl (C=O) groups is 3. The highest BCUT2D eigenvalue weighted by atomic mass is 16.3. The summed E-state index contributed by atoms with van der Waals surface area (Å²) in [6.07, 6.45) is 0.875. The van der Waals surface area contributed by atoms with Crippen LogP contribution >= 0.6 is 0 Å². The van der Waals surface area contributed by atoms with Gasteiger partial charge in [-0.15, -0.1) is 0 Å². The summed E-state index contributed by atoms with van der Waals surface area (Å²) < 4.78 is 0. The molecule has 0 bridgehead atoms. The Morgan fingerprint density at radius 1 is 1.06 bits per heavy atom. The lowest BCUT2D eigenvalue weighted by atomic mass is 10.0. The fourth-order valence-electron chi connectivity index (χ4n) is 1.17. The van der Waals surface area contributed by atoms with E-state index in [-0.39, 0.29) is 0 Å². The Bertz CT molecular complexity index is 361. The first kappa shape index (κ1) is 14.2. The van der Waals surface area contributed by atoms with E-state index in [9.17, 15) is 14.4 Å². The lowest BCUT2D eigenvalue weighted by Crippen LogP contribution is -2.56. The van der Waals surface area contributed by atoms with Crippen LogP contribution in [0.4, 0.5) is 4.79 Å². The van der Waals surface area contributed by atoms with Crippen molar-refractivity contribution in [3.05, 3.63) is 0 Å². The van der Waals surface area contributed by atoms with Crippen LogP contribution in [0.25, 0.3) is 0 Å². The number of urea groups is 1. The zero-order valence-electron chi connectivity index (χ0n) is 9.29. The van der Waals surface area contributed by atoms with E-state index in [0.717, 1.165) is 6.21 Å². The molecule has 1 rings (SSSR count). The van der Waals surface area contributed by atoms with Crippen LogP contribution in [0.3, 0.4) is 0 Å². The SMILES string of the molecule is O=C1NC(=O)C(C=NC(CO)(CO)CO)C(=O)N1. The minimum Gasteiger partial charge on any atom is -0.394 e. The van der Waals surface area contributed by atoms with Crippen LogP contribution in [0.5, 0.6) is 0 Å². The number of barbiturate groups is 1. The molecule has 9 nitrogen and oxygen atoms in total. The molecule has 1 saturated heterocycles. The van der Waals surface area contributed by atoms with Gasteiger partial charge in [0.15, 0.2) is 5.92 Å². The second kappa shape index (κ2) is 5.67. The number of rotatable bonds is 5. The van der Waals surface area contributed by atoms with Gasteiger partial charge in [-0.25, -0.2) is 4.79 Å². The average molecular weight is 259 g/mol. The van der Waals surface area contributed by atoms with E-state index in [4.69, 9.17) is 15.3 Å². The predicted octanol–water partition coefficient (Wildman–Crippen LogP) is -3.24. The summed E-state index contributed by atoms with van der Waals surface area (Å²) in [5.74, 6) is -3.09. The highest BCUT2D eigenvalue weighted by Crippen LogP contribution is 2.09. The smallest absolute Gasteiger partial charge is 0.328 e. The highest BCUT2D eigenvalue weighted by molar-refractivity contribution is 6.23. The quantitative estimate of drug-likeness (QED) is 0.259. The summed E-state index contributed by atoms with van der Waals surface area (Å²) in [5.41, 5.74) is -1.57. The molecule has 18 heavy (non-hydrogen) atoms. The van der Waals surface area contributed by atoms with Gasteiger partial charge in [-0.05, 0) is 0 Å². The molecule has 1 fully saturated rings. The summed E-state index contributed by atoms with van der Waals surface area (Å²) >= 11 is 0.